The lowest BCUT2D eigenvalue weighted by Crippen LogP contribution is -2.10. The molecule has 4 nitrogen and oxygen atoms in total. The summed E-state index contributed by atoms with van der Waals surface area (Å²) in [6, 6.07) is 3.31. The SMILES string of the molecule is O=C(Nc1nc(C2CC2)cs1)c1ccc(Br)o1. The number of carbonyl (C=O) groups excluding carboxylic acids is 1. The average molecular weight is 313 g/mol. The quantitative estimate of drug-likeness (QED) is 0.941. The Kier molecular flexibility index (Phi) is 2.76. The maximum atomic E-state index is 11.8. The van der Waals surface area contributed by atoms with Crippen LogP contribution in [0.1, 0.15) is 35.0 Å². The van der Waals surface area contributed by atoms with Gasteiger partial charge in [-0.1, -0.05) is 0 Å². The Morgan fingerprint density at radius 3 is 3.00 bits per heavy atom. The van der Waals surface area contributed by atoms with Gasteiger partial charge in [0.25, 0.3) is 5.91 Å². The fourth-order valence-corrected chi connectivity index (χ4v) is 2.60. The second kappa shape index (κ2) is 4.27. The first kappa shape index (κ1) is 11.0. The van der Waals surface area contributed by atoms with Gasteiger partial charge in [-0.15, -0.1) is 11.3 Å². The molecular weight excluding hydrogens is 304 g/mol. The van der Waals surface area contributed by atoms with Crippen molar-refractivity contribution in [3.05, 3.63) is 33.6 Å². The largest absolute Gasteiger partial charge is 0.444 e. The van der Waals surface area contributed by atoms with Crippen LogP contribution in [0.4, 0.5) is 5.13 Å². The van der Waals surface area contributed by atoms with E-state index in [4.69, 9.17) is 4.42 Å². The number of thiazole rings is 1. The van der Waals surface area contributed by atoms with Crippen molar-refractivity contribution < 1.29 is 9.21 Å². The molecule has 2 aromatic rings. The Morgan fingerprint density at radius 2 is 2.35 bits per heavy atom. The summed E-state index contributed by atoms with van der Waals surface area (Å²) < 4.78 is 5.71. The lowest BCUT2D eigenvalue weighted by atomic mass is 10.3. The molecule has 0 saturated heterocycles. The third kappa shape index (κ3) is 2.42. The number of halogens is 1. The molecule has 6 heteroatoms. The molecule has 3 rings (SSSR count). The molecule has 0 aromatic carbocycles. The van der Waals surface area contributed by atoms with Gasteiger partial charge >= 0.3 is 0 Å². The van der Waals surface area contributed by atoms with Crippen molar-refractivity contribution in [2.24, 2.45) is 0 Å². The first-order chi connectivity index (χ1) is 8.22. The van der Waals surface area contributed by atoms with Gasteiger partial charge in [-0.2, -0.15) is 0 Å². The van der Waals surface area contributed by atoms with Crippen LogP contribution in [-0.2, 0) is 0 Å². The minimum Gasteiger partial charge on any atom is -0.444 e. The van der Waals surface area contributed by atoms with Gasteiger partial charge in [-0.25, -0.2) is 4.98 Å². The van der Waals surface area contributed by atoms with Gasteiger partial charge in [0.15, 0.2) is 15.6 Å². The Morgan fingerprint density at radius 1 is 1.53 bits per heavy atom. The minimum atomic E-state index is -0.271. The van der Waals surface area contributed by atoms with Gasteiger partial charge in [0, 0.05) is 11.3 Å². The van der Waals surface area contributed by atoms with Crippen LogP contribution >= 0.6 is 27.3 Å². The number of furan rings is 1. The van der Waals surface area contributed by atoms with Gasteiger partial charge in [0.05, 0.1) is 5.69 Å². The molecule has 0 aliphatic heterocycles. The molecule has 0 bridgehead atoms. The molecule has 0 spiro atoms. The number of hydrogen-bond acceptors (Lipinski definition) is 4. The highest BCUT2D eigenvalue weighted by molar-refractivity contribution is 9.10. The summed E-state index contributed by atoms with van der Waals surface area (Å²) in [6.07, 6.45) is 2.42. The summed E-state index contributed by atoms with van der Waals surface area (Å²) in [6.45, 7) is 0. The number of carbonyl (C=O) groups is 1. The molecule has 1 aliphatic rings. The summed E-state index contributed by atoms with van der Waals surface area (Å²) in [5.41, 5.74) is 1.09. The van der Waals surface area contributed by atoms with E-state index in [1.54, 1.807) is 12.1 Å². The molecule has 1 fully saturated rings. The van der Waals surface area contributed by atoms with Crippen LogP contribution in [0.2, 0.25) is 0 Å². The zero-order valence-corrected chi connectivity index (χ0v) is 11.2. The lowest BCUT2D eigenvalue weighted by Gasteiger charge is -1.97. The number of rotatable bonds is 3. The summed E-state index contributed by atoms with van der Waals surface area (Å²) in [7, 11) is 0. The zero-order valence-electron chi connectivity index (χ0n) is 8.77. The van der Waals surface area contributed by atoms with Gasteiger partial charge in [0.1, 0.15) is 0 Å². The third-order valence-corrected chi connectivity index (χ3v) is 3.74. The van der Waals surface area contributed by atoms with E-state index in [2.05, 4.69) is 26.2 Å². The molecule has 17 heavy (non-hydrogen) atoms. The van der Waals surface area contributed by atoms with Crippen molar-refractivity contribution in [2.75, 3.05) is 5.32 Å². The van der Waals surface area contributed by atoms with E-state index in [-0.39, 0.29) is 11.7 Å². The van der Waals surface area contributed by atoms with Crippen LogP contribution in [-0.4, -0.2) is 10.9 Å². The minimum absolute atomic E-state index is 0.271. The highest BCUT2D eigenvalue weighted by Gasteiger charge is 2.26. The molecular formula is C11H9BrN2O2S. The van der Waals surface area contributed by atoms with Crippen molar-refractivity contribution in [3.8, 4) is 0 Å². The Bertz CT molecular complexity index is 559. The Labute approximate surface area is 110 Å². The summed E-state index contributed by atoms with van der Waals surface area (Å²) in [5, 5.41) is 5.36. The van der Waals surface area contributed by atoms with E-state index in [9.17, 15) is 4.79 Å². The Hall–Kier alpha value is -1.14. The molecule has 0 radical (unpaired) electrons. The molecule has 1 amide bonds. The predicted octanol–water partition coefficient (Wildman–Crippen LogP) is 3.63. The third-order valence-electron chi connectivity index (χ3n) is 2.54. The van der Waals surface area contributed by atoms with E-state index in [0.717, 1.165) is 5.69 Å². The van der Waals surface area contributed by atoms with Gasteiger partial charge in [-0.3, -0.25) is 10.1 Å². The topological polar surface area (TPSA) is 55.1 Å². The summed E-state index contributed by atoms with van der Waals surface area (Å²) in [5.74, 6) is 0.613. The van der Waals surface area contributed by atoms with Gasteiger partial charge in [0.2, 0.25) is 0 Å². The lowest BCUT2D eigenvalue weighted by molar-refractivity contribution is 0.0995. The summed E-state index contributed by atoms with van der Waals surface area (Å²) in [4.78, 5) is 16.1. The monoisotopic (exact) mass is 312 g/mol. The number of aromatic nitrogens is 1. The van der Waals surface area contributed by atoms with Crippen molar-refractivity contribution >= 4 is 38.3 Å². The normalized spacial score (nSPS) is 14.9. The van der Waals surface area contributed by atoms with E-state index < -0.39 is 0 Å². The highest BCUT2D eigenvalue weighted by atomic mass is 79.9. The predicted molar refractivity (Wildman–Crippen MR) is 68.5 cm³/mol. The number of nitrogens with zero attached hydrogens (tertiary/aromatic N) is 1. The van der Waals surface area contributed by atoms with E-state index in [1.807, 2.05) is 5.38 Å². The first-order valence-electron chi connectivity index (χ1n) is 5.24. The molecule has 1 N–H and O–H groups in total. The summed E-state index contributed by atoms with van der Waals surface area (Å²) >= 11 is 4.61. The van der Waals surface area contributed by atoms with Gasteiger partial charge < -0.3 is 4.42 Å². The number of nitrogens with one attached hydrogen (secondary N) is 1. The average Bonchev–Trinajstić information content (AvgIpc) is 2.90. The highest BCUT2D eigenvalue weighted by Crippen LogP contribution is 2.40. The van der Waals surface area contributed by atoms with Crippen molar-refractivity contribution in [1.29, 1.82) is 0 Å². The van der Waals surface area contributed by atoms with Crippen molar-refractivity contribution in [1.82, 2.24) is 4.98 Å². The standard InChI is InChI=1S/C11H9BrN2O2S/c12-9-4-3-8(16-9)10(15)14-11-13-7(5-17-11)6-1-2-6/h3-6H,1-2H2,(H,13,14,15). The fraction of sp³-hybridized carbons (Fsp3) is 0.273. The van der Waals surface area contributed by atoms with Crippen molar-refractivity contribution in [2.45, 2.75) is 18.8 Å². The van der Waals surface area contributed by atoms with Crippen LogP contribution in [0, 0.1) is 0 Å². The number of hydrogen-bond donors (Lipinski definition) is 1. The van der Waals surface area contributed by atoms with Crippen LogP contribution in [0.3, 0.4) is 0 Å². The molecule has 1 saturated carbocycles. The fourth-order valence-electron chi connectivity index (χ4n) is 1.51. The van der Waals surface area contributed by atoms with Crippen molar-refractivity contribution in [3.63, 3.8) is 0 Å². The molecule has 0 unspecified atom stereocenters. The first-order valence-corrected chi connectivity index (χ1v) is 6.92. The maximum absolute atomic E-state index is 11.8. The maximum Gasteiger partial charge on any atom is 0.293 e. The molecule has 1 aliphatic carbocycles. The molecule has 2 aromatic heterocycles. The van der Waals surface area contributed by atoms with E-state index >= 15 is 0 Å². The number of anilines is 1. The Balaban J connectivity index is 1.71. The van der Waals surface area contributed by atoms with Crippen LogP contribution in [0.15, 0.2) is 26.6 Å². The van der Waals surface area contributed by atoms with E-state index in [0.29, 0.717) is 15.7 Å². The number of amides is 1. The van der Waals surface area contributed by atoms with Crippen LogP contribution in [0.25, 0.3) is 0 Å². The second-order valence-corrected chi connectivity index (χ2v) is 5.55. The molecule has 88 valence electrons. The zero-order chi connectivity index (χ0) is 11.8. The van der Waals surface area contributed by atoms with E-state index in [1.165, 1.54) is 24.2 Å². The second-order valence-electron chi connectivity index (χ2n) is 3.91. The smallest absolute Gasteiger partial charge is 0.293 e. The molecule has 2 heterocycles. The molecule has 0 atom stereocenters. The van der Waals surface area contributed by atoms with Crippen LogP contribution in [0.5, 0.6) is 0 Å². The van der Waals surface area contributed by atoms with Gasteiger partial charge in [-0.05, 0) is 40.9 Å². The van der Waals surface area contributed by atoms with Crippen LogP contribution < -0.4 is 5.32 Å².